The summed E-state index contributed by atoms with van der Waals surface area (Å²) in [6, 6.07) is 6.18. The molecule has 0 unspecified atom stereocenters. The summed E-state index contributed by atoms with van der Waals surface area (Å²) in [5.41, 5.74) is 6.55. The highest BCUT2D eigenvalue weighted by Crippen LogP contribution is 2.25. The maximum Gasteiger partial charge on any atom is 0.0939 e. The molecular weight excluding hydrogens is 260 g/mol. The van der Waals surface area contributed by atoms with Crippen molar-refractivity contribution in [1.82, 2.24) is 4.98 Å². The first kappa shape index (κ1) is 10.1. The molecule has 0 aliphatic carbocycles. The third-order valence-electron chi connectivity index (χ3n) is 1.99. The molecule has 1 aromatic carbocycles. The van der Waals surface area contributed by atoms with Crippen LogP contribution in [-0.4, -0.2) is 11.5 Å². The van der Waals surface area contributed by atoms with Crippen LogP contribution in [0, 0.1) is 0 Å². The first-order chi connectivity index (χ1) is 6.79. The third kappa shape index (κ3) is 2.13. The van der Waals surface area contributed by atoms with Crippen molar-refractivity contribution in [3.05, 3.63) is 27.7 Å². The van der Waals surface area contributed by atoms with E-state index in [0.717, 1.165) is 29.4 Å². The van der Waals surface area contributed by atoms with E-state index in [2.05, 4.69) is 27.0 Å². The Bertz CT molecular complexity index is 439. The molecule has 14 heavy (non-hydrogen) atoms. The van der Waals surface area contributed by atoms with Gasteiger partial charge in [0.25, 0.3) is 0 Å². The van der Waals surface area contributed by atoms with Gasteiger partial charge in [-0.2, -0.15) is 0 Å². The van der Waals surface area contributed by atoms with Gasteiger partial charge in [0.05, 0.1) is 15.2 Å². The largest absolute Gasteiger partial charge is 0.330 e. The van der Waals surface area contributed by atoms with Gasteiger partial charge in [0.2, 0.25) is 0 Å². The second kappa shape index (κ2) is 4.38. The number of hydrogen-bond acceptors (Lipinski definition) is 3. The minimum Gasteiger partial charge on any atom is -0.330 e. The number of fused-ring (bicyclic) bond motifs is 1. The summed E-state index contributed by atoms with van der Waals surface area (Å²) < 4.78 is 2.35. The van der Waals surface area contributed by atoms with E-state index in [1.54, 1.807) is 11.3 Å². The predicted octanol–water partition coefficient (Wildman–Crippen LogP) is 2.95. The number of benzene rings is 1. The Kier molecular flexibility index (Phi) is 3.15. The number of hydrogen-bond donors (Lipinski definition) is 1. The van der Waals surface area contributed by atoms with Crippen LogP contribution in [0.15, 0.2) is 22.7 Å². The smallest absolute Gasteiger partial charge is 0.0939 e. The van der Waals surface area contributed by atoms with Crippen LogP contribution in [0.4, 0.5) is 0 Å². The van der Waals surface area contributed by atoms with E-state index in [0.29, 0.717) is 0 Å². The number of nitrogens with two attached hydrogens (primary N) is 1. The highest BCUT2D eigenvalue weighted by atomic mass is 79.9. The van der Waals surface area contributed by atoms with Gasteiger partial charge in [0, 0.05) is 10.9 Å². The average Bonchev–Trinajstić information content (AvgIpc) is 2.56. The normalized spacial score (nSPS) is 11.0. The fraction of sp³-hybridized carbons (Fsp3) is 0.300. The van der Waals surface area contributed by atoms with Gasteiger partial charge >= 0.3 is 0 Å². The van der Waals surface area contributed by atoms with E-state index in [4.69, 9.17) is 5.73 Å². The Morgan fingerprint density at radius 2 is 2.29 bits per heavy atom. The second-order valence-electron chi connectivity index (χ2n) is 3.11. The van der Waals surface area contributed by atoms with Gasteiger partial charge in [-0.25, -0.2) is 4.98 Å². The van der Waals surface area contributed by atoms with E-state index in [9.17, 15) is 0 Å². The summed E-state index contributed by atoms with van der Waals surface area (Å²) in [6.07, 6.45) is 2.01. The molecular formula is C10H11BrN2S. The van der Waals surface area contributed by atoms with E-state index in [1.807, 2.05) is 12.1 Å². The van der Waals surface area contributed by atoms with E-state index >= 15 is 0 Å². The molecule has 1 aromatic heterocycles. The molecule has 0 radical (unpaired) electrons. The topological polar surface area (TPSA) is 38.9 Å². The molecule has 0 aliphatic heterocycles. The summed E-state index contributed by atoms with van der Waals surface area (Å²) in [6.45, 7) is 0.736. The second-order valence-corrected chi connectivity index (χ2v) is 5.14. The zero-order valence-electron chi connectivity index (χ0n) is 7.66. The SMILES string of the molecule is NCCCc1nc2ccc(Br)cc2s1. The Labute approximate surface area is 95.3 Å². The van der Waals surface area contributed by atoms with Crippen molar-refractivity contribution in [3.63, 3.8) is 0 Å². The van der Waals surface area contributed by atoms with E-state index in [1.165, 1.54) is 9.71 Å². The van der Waals surface area contributed by atoms with Gasteiger partial charge in [0.15, 0.2) is 0 Å². The molecule has 4 heteroatoms. The quantitative estimate of drug-likeness (QED) is 0.932. The lowest BCUT2D eigenvalue weighted by Crippen LogP contribution is -1.99. The predicted molar refractivity (Wildman–Crippen MR) is 64.7 cm³/mol. The molecule has 0 aliphatic rings. The fourth-order valence-corrected chi connectivity index (χ4v) is 2.87. The minimum atomic E-state index is 0.736. The molecule has 0 amide bonds. The van der Waals surface area contributed by atoms with Gasteiger partial charge in [0.1, 0.15) is 0 Å². The molecule has 0 fully saturated rings. The van der Waals surface area contributed by atoms with Crippen molar-refractivity contribution in [2.24, 2.45) is 5.73 Å². The highest BCUT2D eigenvalue weighted by molar-refractivity contribution is 9.10. The summed E-state index contributed by atoms with van der Waals surface area (Å²) in [4.78, 5) is 4.53. The Hall–Kier alpha value is -0.450. The minimum absolute atomic E-state index is 0.736. The lowest BCUT2D eigenvalue weighted by Gasteiger charge is -1.89. The van der Waals surface area contributed by atoms with Crippen LogP contribution in [0.1, 0.15) is 11.4 Å². The molecule has 2 nitrogen and oxygen atoms in total. The van der Waals surface area contributed by atoms with Crippen molar-refractivity contribution in [2.75, 3.05) is 6.54 Å². The molecule has 0 atom stereocenters. The van der Waals surface area contributed by atoms with Gasteiger partial charge in [-0.05, 0) is 31.2 Å². The number of aryl methyl sites for hydroxylation is 1. The van der Waals surface area contributed by atoms with Gasteiger partial charge in [-0.1, -0.05) is 15.9 Å². The lowest BCUT2D eigenvalue weighted by atomic mass is 10.3. The molecule has 2 N–H and O–H groups in total. The lowest BCUT2D eigenvalue weighted by molar-refractivity contribution is 0.828. The van der Waals surface area contributed by atoms with Gasteiger partial charge in [-0.15, -0.1) is 11.3 Å². The monoisotopic (exact) mass is 270 g/mol. The number of aromatic nitrogens is 1. The third-order valence-corrected chi connectivity index (χ3v) is 3.56. The Morgan fingerprint density at radius 3 is 3.07 bits per heavy atom. The highest BCUT2D eigenvalue weighted by Gasteiger charge is 2.03. The van der Waals surface area contributed by atoms with Crippen molar-refractivity contribution in [2.45, 2.75) is 12.8 Å². The van der Waals surface area contributed by atoms with Crippen LogP contribution in [0.3, 0.4) is 0 Å². The molecule has 2 rings (SSSR count). The van der Waals surface area contributed by atoms with Crippen molar-refractivity contribution in [1.29, 1.82) is 0 Å². The maximum atomic E-state index is 5.46. The van der Waals surface area contributed by atoms with Crippen LogP contribution in [0.25, 0.3) is 10.2 Å². The summed E-state index contributed by atoms with van der Waals surface area (Å²) in [5.74, 6) is 0. The van der Waals surface area contributed by atoms with Crippen LogP contribution in [0.2, 0.25) is 0 Å². The fourth-order valence-electron chi connectivity index (χ4n) is 1.31. The zero-order chi connectivity index (χ0) is 9.97. The first-order valence-electron chi connectivity index (χ1n) is 4.54. The van der Waals surface area contributed by atoms with Gasteiger partial charge < -0.3 is 5.73 Å². The zero-order valence-corrected chi connectivity index (χ0v) is 10.1. The Morgan fingerprint density at radius 1 is 1.43 bits per heavy atom. The van der Waals surface area contributed by atoms with Crippen molar-refractivity contribution < 1.29 is 0 Å². The molecule has 0 saturated carbocycles. The maximum absolute atomic E-state index is 5.46. The Balaban J connectivity index is 2.32. The van der Waals surface area contributed by atoms with E-state index in [-0.39, 0.29) is 0 Å². The number of thiazole rings is 1. The van der Waals surface area contributed by atoms with Gasteiger partial charge in [-0.3, -0.25) is 0 Å². The first-order valence-corrected chi connectivity index (χ1v) is 6.15. The summed E-state index contributed by atoms with van der Waals surface area (Å²) >= 11 is 5.21. The molecule has 1 heterocycles. The van der Waals surface area contributed by atoms with Crippen molar-refractivity contribution in [3.8, 4) is 0 Å². The summed E-state index contributed by atoms with van der Waals surface area (Å²) in [5, 5.41) is 1.18. The number of nitrogens with zero attached hydrogens (tertiary/aromatic N) is 1. The molecule has 0 saturated heterocycles. The standard InChI is InChI=1S/C10H11BrN2S/c11-7-3-4-8-9(6-7)14-10(13-8)2-1-5-12/h3-4,6H,1-2,5,12H2. The molecule has 2 aromatic rings. The summed E-state index contributed by atoms with van der Waals surface area (Å²) in [7, 11) is 0. The van der Waals surface area contributed by atoms with E-state index < -0.39 is 0 Å². The number of rotatable bonds is 3. The molecule has 74 valence electrons. The van der Waals surface area contributed by atoms with Crippen LogP contribution >= 0.6 is 27.3 Å². The number of halogens is 1. The van der Waals surface area contributed by atoms with Crippen LogP contribution in [0.5, 0.6) is 0 Å². The molecule has 0 bridgehead atoms. The van der Waals surface area contributed by atoms with Crippen LogP contribution in [-0.2, 0) is 6.42 Å². The average molecular weight is 271 g/mol. The van der Waals surface area contributed by atoms with Crippen LogP contribution < -0.4 is 5.73 Å². The molecule has 0 spiro atoms. The van der Waals surface area contributed by atoms with Crippen molar-refractivity contribution >= 4 is 37.5 Å².